The average molecular weight is 274 g/mol. The molecule has 2 aromatic rings. The van der Waals surface area contributed by atoms with E-state index in [2.05, 4.69) is 28.9 Å². The van der Waals surface area contributed by atoms with Crippen LogP contribution in [-0.2, 0) is 11.3 Å². The van der Waals surface area contributed by atoms with Gasteiger partial charge in [-0.1, -0.05) is 24.3 Å². The van der Waals surface area contributed by atoms with Crippen molar-refractivity contribution in [2.24, 2.45) is 0 Å². The van der Waals surface area contributed by atoms with Crippen LogP contribution < -0.4 is 4.90 Å². The van der Waals surface area contributed by atoms with Gasteiger partial charge >= 0.3 is 0 Å². The van der Waals surface area contributed by atoms with Crippen LogP contribution in [0.4, 0.5) is 5.82 Å². The summed E-state index contributed by atoms with van der Waals surface area (Å²) in [4.78, 5) is 6.78. The van der Waals surface area contributed by atoms with Crippen LogP contribution in [0.3, 0.4) is 0 Å². The minimum absolute atomic E-state index is 0.0408. The number of aromatic nitrogens is 1. The second-order valence-corrected chi connectivity index (χ2v) is 4.59. The summed E-state index contributed by atoms with van der Waals surface area (Å²) in [5.41, 5.74) is 0.702. The summed E-state index contributed by atoms with van der Waals surface area (Å²) in [6.07, 6.45) is 0. The molecular formula is C16H22N2O2. The molecule has 0 amide bonds. The quantitative estimate of drug-likeness (QED) is 0.788. The molecule has 108 valence electrons. The van der Waals surface area contributed by atoms with E-state index >= 15 is 0 Å². The molecule has 0 bridgehead atoms. The minimum Gasteiger partial charge on any atom is -0.390 e. The van der Waals surface area contributed by atoms with Crippen LogP contribution in [0.15, 0.2) is 30.3 Å². The average Bonchev–Trinajstić information content (AvgIpc) is 2.50. The molecule has 1 aromatic carbocycles. The first-order valence-corrected chi connectivity index (χ1v) is 7.12. The fraction of sp³-hybridized carbons (Fsp3) is 0.438. The number of hydrogen-bond acceptors (Lipinski definition) is 4. The van der Waals surface area contributed by atoms with Crippen molar-refractivity contribution in [1.82, 2.24) is 4.98 Å². The fourth-order valence-electron chi connectivity index (χ4n) is 2.29. The van der Waals surface area contributed by atoms with Gasteiger partial charge < -0.3 is 14.7 Å². The lowest BCUT2D eigenvalue weighted by Gasteiger charge is -2.24. The van der Waals surface area contributed by atoms with Gasteiger partial charge in [-0.2, -0.15) is 0 Å². The van der Waals surface area contributed by atoms with E-state index < -0.39 is 0 Å². The van der Waals surface area contributed by atoms with Crippen molar-refractivity contribution in [2.75, 3.05) is 31.2 Å². The summed E-state index contributed by atoms with van der Waals surface area (Å²) in [7, 11) is 0. The maximum atomic E-state index is 9.38. The first kappa shape index (κ1) is 14.8. The number of likely N-dealkylation sites (N-methyl/N-ethyl adjacent to an activating group) is 1. The summed E-state index contributed by atoms with van der Waals surface area (Å²) >= 11 is 0. The van der Waals surface area contributed by atoms with E-state index in [0.717, 1.165) is 36.3 Å². The zero-order valence-corrected chi connectivity index (χ0v) is 12.2. The van der Waals surface area contributed by atoms with Gasteiger partial charge in [0, 0.05) is 25.1 Å². The van der Waals surface area contributed by atoms with Crippen LogP contribution in [0.1, 0.15) is 19.5 Å². The largest absolute Gasteiger partial charge is 0.390 e. The number of hydrogen-bond donors (Lipinski definition) is 1. The number of anilines is 1. The predicted octanol–water partition coefficient (Wildman–Crippen LogP) is 2.59. The Labute approximate surface area is 120 Å². The molecule has 20 heavy (non-hydrogen) atoms. The smallest absolute Gasteiger partial charge is 0.136 e. The van der Waals surface area contributed by atoms with Crippen molar-refractivity contribution in [1.29, 1.82) is 0 Å². The highest BCUT2D eigenvalue weighted by Crippen LogP contribution is 2.25. The maximum absolute atomic E-state index is 9.38. The molecule has 1 heterocycles. The third-order valence-corrected chi connectivity index (χ3v) is 3.33. The molecule has 4 heteroatoms. The molecule has 0 atom stereocenters. The number of pyridine rings is 1. The van der Waals surface area contributed by atoms with Gasteiger partial charge in [0.1, 0.15) is 5.82 Å². The van der Waals surface area contributed by atoms with Crippen molar-refractivity contribution in [3.63, 3.8) is 0 Å². The van der Waals surface area contributed by atoms with Crippen LogP contribution in [0.5, 0.6) is 0 Å². The number of benzene rings is 1. The molecule has 0 radical (unpaired) electrons. The Balaban J connectivity index is 2.38. The third kappa shape index (κ3) is 3.26. The summed E-state index contributed by atoms with van der Waals surface area (Å²) in [5.74, 6) is 0.925. The number of aliphatic hydroxyl groups excluding tert-OH is 1. The molecule has 0 saturated carbocycles. The Morgan fingerprint density at radius 3 is 2.75 bits per heavy atom. The van der Waals surface area contributed by atoms with Gasteiger partial charge in [-0.3, -0.25) is 0 Å². The standard InChI is InChI=1S/C16H22N2O2/c1-3-18(9-10-20-4-2)16-15-8-6-5-7-13(15)11-14(12-19)17-16/h5-8,11,19H,3-4,9-10,12H2,1-2H3. The lowest BCUT2D eigenvalue weighted by Crippen LogP contribution is -2.28. The molecule has 0 fully saturated rings. The van der Waals surface area contributed by atoms with Crippen LogP contribution in [0.2, 0.25) is 0 Å². The number of fused-ring (bicyclic) bond motifs is 1. The van der Waals surface area contributed by atoms with Crippen LogP contribution >= 0.6 is 0 Å². The highest BCUT2D eigenvalue weighted by Gasteiger charge is 2.11. The van der Waals surface area contributed by atoms with E-state index in [9.17, 15) is 5.11 Å². The SMILES string of the molecule is CCOCCN(CC)c1nc(CO)cc2ccccc12. The number of ether oxygens (including phenoxy) is 1. The van der Waals surface area contributed by atoms with E-state index in [4.69, 9.17) is 4.74 Å². The van der Waals surface area contributed by atoms with Gasteiger partial charge in [-0.25, -0.2) is 4.98 Å². The summed E-state index contributed by atoms with van der Waals surface area (Å²) in [6, 6.07) is 10.1. The van der Waals surface area contributed by atoms with Gasteiger partial charge in [0.25, 0.3) is 0 Å². The van der Waals surface area contributed by atoms with Crippen molar-refractivity contribution in [3.05, 3.63) is 36.0 Å². The molecule has 0 unspecified atom stereocenters. The Bertz CT molecular complexity index is 557. The van der Waals surface area contributed by atoms with Crippen LogP contribution in [0.25, 0.3) is 10.8 Å². The Kier molecular flexibility index (Phi) is 5.32. The summed E-state index contributed by atoms with van der Waals surface area (Å²) < 4.78 is 5.44. The maximum Gasteiger partial charge on any atom is 0.136 e. The first-order chi connectivity index (χ1) is 9.80. The second-order valence-electron chi connectivity index (χ2n) is 4.59. The topological polar surface area (TPSA) is 45.6 Å². The third-order valence-electron chi connectivity index (χ3n) is 3.33. The van der Waals surface area contributed by atoms with E-state index in [1.807, 2.05) is 25.1 Å². The lowest BCUT2D eigenvalue weighted by molar-refractivity contribution is 0.154. The Hall–Kier alpha value is -1.65. The van der Waals surface area contributed by atoms with Crippen molar-refractivity contribution in [2.45, 2.75) is 20.5 Å². The van der Waals surface area contributed by atoms with Gasteiger partial charge in [0.2, 0.25) is 0 Å². The lowest BCUT2D eigenvalue weighted by atomic mass is 10.1. The molecule has 0 aliphatic rings. The normalized spacial score (nSPS) is 10.9. The minimum atomic E-state index is -0.0408. The zero-order chi connectivity index (χ0) is 14.4. The molecule has 2 rings (SSSR count). The van der Waals surface area contributed by atoms with Crippen molar-refractivity contribution < 1.29 is 9.84 Å². The first-order valence-electron chi connectivity index (χ1n) is 7.12. The molecule has 1 N–H and O–H groups in total. The number of rotatable bonds is 7. The number of nitrogens with zero attached hydrogens (tertiary/aromatic N) is 2. The summed E-state index contributed by atoms with van der Waals surface area (Å²) in [6.45, 7) is 7.13. The van der Waals surface area contributed by atoms with Gasteiger partial charge in [-0.05, 0) is 25.3 Å². The highest BCUT2D eigenvalue weighted by atomic mass is 16.5. The second kappa shape index (κ2) is 7.22. The molecule has 0 aliphatic heterocycles. The van der Waals surface area contributed by atoms with E-state index in [0.29, 0.717) is 12.3 Å². The van der Waals surface area contributed by atoms with Crippen molar-refractivity contribution >= 4 is 16.6 Å². The van der Waals surface area contributed by atoms with Gasteiger partial charge in [0.05, 0.1) is 18.9 Å². The summed E-state index contributed by atoms with van der Waals surface area (Å²) in [5, 5.41) is 11.6. The molecule has 4 nitrogen and oxygen atoms in total. The van der Waals surface area contributed by atoms with E-state index in [-0.39, 0.29) is 6.61 Å². The van der Waals surface area contributed by atoms with E-state index in [1.165, 1.54) is 0 Å². The Morgan fingerprint density at radius 2 is 2.05 bits per heavy atom. The monoisotopic (exact) mass is 274 g/mol. The molecule has 0 aliphatic carbocycles. The predicted molar refractivity (Wildman–Crippen MR) is 82.0 cm³/mol. The fourth-order valence-corrected chi connectivity index (χ4v) is 2.29. The van der Waals surface area contributed by atoms with Gasteiger partial charge in [0.15, 0.2) is 0 Å². The van der Waals surface area contributed by atoms with Gasteiger partial charge in [-0.15, -0.1) is 0 Å². The van der Waals surface area contributed by atoms with E-state index in [1.54, 1.807) is 0 Å². The molecular weight excluding hydrogens is 252 g/mol. The van der Waals surface area contributed by atoms with Crippen molar-refractivity contribution in [3.8, 4) is 0 Å². The molecule has 0 spiro atoms. The number of aliphatic hydroxyl groups is 1. The molecule has 1 aromatic heterocycles. The zero-order valence-electron chi connectivity index (χ0n) is 12.2. The molecule has 0 saturated heterocycles. The van der Waals surface area contributed by atoms with Crippen LogP contribution in [-0.4, -0.2) is 36.4 Å². The highest BCUT2D eigenvalue weighted by molar-refractivity contribution is 5.92. The Morgan fingerprint density at radius 1 is 1.25 bits per heavy atom. The van der Waals surface area contributed by atoms with Crippen LogP contribution in [0, 0.1) is 0 Å².